The van der Waals surface area contributed by atoms with Crippen LogP contribution < -0.4 is 15.0 Å². The first kappa shape index (κ1) is 18.3. The third-order valence-electron chi connectivity index (χ3n) is 5.30. The molecule has 1 aromatic heterocycles. The van der Waals surface area contributed by atoms with Gasteiger partial charge in [0.05, 0.1) is 12.3 Å². The Hall–Kier alpha value is -3.08. The lowest BCUT2D eigenvalue weighted by Gasteiger charge is -2.28. The fraction of sp³-hybridized carbons (Fsp3) is 0.261. The van der Waals surface area contributed by atoms with Gasteiger partial charge < -0.3 is 15.0 Å². The van der Waals surface area contributed by atoms with E-state index in [9.17, 15) is 4.39 Å². The number of anilines is 3. The minimum Gasteiger partial charge on any atom is -0.493 e. The van der Waals surface area contributed by atoms with E-state index in [2.05, 4.69) is 22.4 Å². The zero-order valence-corrected chi connectivity index (χ0v) is 16.2. The smallest absolute Gasteiger partial charge is 0.128 e. The van der Waals surface area contributed by atoms with Crippen LogP contribution in [0, 0.1) is 12.7 Å². The number of nitrogens with one attached hydrogen (secondary N) is 1. The largest absolute Gasteiger partial charge is 0.493 e. The number of pyridine rings is 1. The van der Waals surface area contributed by atoms with Crippen LogP contribution in [0.3, 0.4) is 0 Å². The Balaban J connectivity index is 1.53. The van der Waals surface area contributed by atoms with Gasteiger partial charge in [-0.1, -0.05) is 12.1 Å². The second kappa shape index (κ2) is 7.89. The molecule has 1 N–H and O–H groups in total. The monoisotopic (exact) mass is 377 g/mol. The highest BCUT2D eigenvalue weighted by Gasteiger charge is 2.22. The van der Waals surface area contributed by atoms with Gasteiger partial charge in [-0.2, -0.15) is 0 Å². The van der Waals surface area contributed by atoms with E-state index >= 15 is 0 Å². The van der Waals surface area contributed by atoms with Crippen LogP contribution in [-0.4, -0.2) is 25.2 Å². The molecule has 0 saturated carbocycles. The number of aromatic nitrogens is 1. The van der Waals surface area contributed by atoms with Crippen molar-refractivity contribution >= 4 is 17.1 Å². The predicted octanol–water partition coefficient (Wildman–Crippen LogP) is 5.28. The molecule has 0 bridgehead atoms. The Morgan fingerprint density at radius 1 is 1.18 bits per heavy atom. The summed E-state index contributed by atoms with van der Waals surface area (Å²) >= 11 is 0. The molecule has 1 aliphatic heterocycles. The summed E-state index contributed by atoms with van der Waals surface area (Å²) in [6.07, 6.45) is 4.57. The maximum absolute atomic E-state index is 13.9. The Morgan fingerprint density at radius 3 is 2.79 bits per heavy atom. The summed E-state index contributed by atoms with van der Waals surface area (Å²) in [4.78, 5) is 6.12. The lowest BCUT2D eigenvalue weighted by molar-refractivity contribution is 0.270. The van der Waals surface area contributed by atoms with Gasteiger partial charge in [-0.3, -0.25) is 4.98 Å². The molecular weight excluding hydrogens is 353 g/mol. The van der Waals surface area contributed by atoms with Crippen LogP contribution in [-0.2, 0) is 0 Å². The number of ether oxygens (including phenoxy) is 1. The van der Waals surface area contributed by atoms with Crippen molar-refractivity contribution in [3.05, 3.63) is 77.9 Å². The van der Waals surface area contributed by atoms with Gasteiger partial charge in [0.1, 0.15) is 11.6 Å². The zero-order chi connectivity index (χ0) is 19.5. The van der Waals surface area contributed by atoms with Crippen molar-refractivity contribution in [2.75, 3.05) is 30.4 Å². The van der Waals surface area contributed by atoms with E-state index < -0.39 is 0 Å². The topological polar surface area (TPSA) is 37.4 Å². The summed E-state index contributed by atoms with van der Waals surface area (Å²) in [6, 6.07) is 15.5. The van der Waals surface area contributed by atoms with Crippen molar-refractivity contribution in [2.24, 2.45) is 0 Å². The quantitative estimate of drug-likeness (QED) is 0.657. The molecule has 0 spiro atoms. The Bertz CT molecular complexity index is 961. The maximum Gasteiger partial charge on any atom is 0.128 e. The molecule has 0 saturated heterocycles. The highest BCUT2D eigenvalue weighted by Crippen LogP contribution is 2.38. The average Bonchev–Trinajstić information content (AvgIpc) is 2.74. The van der Waals surface area contributed by atoms with Crippen molar-refractivity contribution in [1.82, 2.24) is 4.98 Å². The molecule has 0 unspecified atom stereocenters. The SMILES string of the molecule is Cc1ccc(N(C)c2ccc3c(c2)OCC[C@H]3CNc2cccnc2)cc1F. The first-order valence-electron chi connectivity index (χ1n) is 9.52. The minimum absolute atomic E-state index is 0.194. The third-order valence-corrected chi connectivity index (χ3v) is 5.30. The van der Waals surface area contributed by atoms with Crippen LogP contribution in [0.1, 0.15) is 23.5 Å². The van der Waals surface area contributed by atoms with Crippen molar-refractivity contribution in [1.29, 1.82) is 0 Å². The average molecular weight is 377 g/mol. The Labute approximate surface area is 165 Å². The standard InChI is InChI=1S/C23H24FN3O/c1-16-5-6-19(12-22(16)24)27(2)20-7-8-21-17(9-11-28-23(21)13-20)14-26-18-4-3-10-25-15-18/h3-8,10,12-13,15,17,26H,9,11,14H2,1-2H3/t17-/m0/s1. The molecule has 2 heterocycles. The van der Waals surface area contributed by atoms with Gasteiger partial charge in [0.2, 0.25) is 0 Å². The number of fused-ring (bicyclic) bond motifs is 1. The van der Waals surface area contributed by atoms with Gasteiger partial charge in [-0.05, 0) is 54.8 Å². The molecule has 0 radical (unpaired) electrons. The lowest BCUT2D eigenvalue weighted by atomic mass is 9.92. The van der Waals surface area contributed by atoms with Gasteiger partial charge in [0, 0.05) is 49.3 Å². The molecule has 0 amide bonds. The molecule has 1 aliphatic rings. The summed E-state index contributed by atoms with van der Waals surface area (Å²) < 4.78 is 19.9. The van der Waals surface area contributed by atoms with Crippen molar-refractivity contribution in [2.45, 2.75) is 19.3 Å². The Morgan fingerprint density at radius 2 is 2.00 bits per heavy atom. The van der Waals surface area contributed by atoms with E-state index in [0.29, 0.717) is 18.1 Å². The number of nitrogens with zero attached hydrogens (tertiary/aromatic N) is 2. The maximum atomic E-state index is 13.9. The highest BCUT2D eigenvalue weighted by molar-refractivity contribution is 5.65. The van der Waals surface area contributed by atoms with Crippen LogP contribution in [0.5, 0.6) is 5.75 Å². The summed E-state index contributed by atoms with van der Waals surface area (Å²) in [7, 11) is 1.94. The number of hydrogen-bond acceptors (Lipinski definition) is 4. The van der Waals surface area contributed by atoms with E-state index in [1.165, 1.54) is 5.56 Å². The molecule has 4 rings (SSSR count). The fourth-order valence-corrected chi connectivity index (χ4v) is 3.52. The summed E-state index contributed by atoms with van der Waals surface area (Å²) in [5, 5.41) is 3.46. The molecule has 0 fully saturated rings. The van der Waals surface area contributed by atoms with Crippen molar-refractivity contribution in [3.8, 4) is 5.75 Å². The molecule has 28 heavy (non-hydrogen) atoms. The van der Waals surface area contributed by atoms with Gasteiger partial charge in [0.25, 0.3) is 0 Å². The second-order valence-electron chi connectivity index (χ2n) is 7.17. The first-order valence-corrected chi connectivity index (χ1v) is 9.52. The summed E-state index contributed by atoms with van der Waals surface area (Å²) in [5.41, 5.74) is 4.66. The van der Waals surface area contributed by atoms with Crippen LogP contribution in [0.15, 0.2) is 60.9 Å². The molecule has 4 nitrogen and oxygen atoms in total. The Kier molecular flexibility index (Phi) is 5.15. The normalized spacial score (nSPS) is 15.5. The van der Waals surface area contributed by atoms with Crippen molar-refractivity contribution in [3.63, 3.8) is 0 Å². The van der Waals surface area contributed by atoms with Crippen LogP contribution in [0.4, 0.5) is 21.5 Å². The summed E-state index contributed by atoms with van der Waals surface area (Å²) in [5.74, 6) is 1.08. The van der Waals surface area contributed by atoms with Crippen molar-refractivity contribution < 1.29 is 9.13 Å². The third kappa shape index (κ3) is 3.79. The zero-order valence-electron chi connectivity index (χ0n) is 16.2. The van der Waals surface area contributed by atoms with E-state index in [4.69, 9.17) is 4.74 Å². The first-order chi connectivity index (χ1) is 13.6. The van der Waals surface area contributed by atoms with E-state index in [0.717, 1.165) is 35.8 Å². The molecule has 3 aromatic rings. The number of aryl methyl sites for hydroxylation is 1. The number of halogens is 1. The van der Waals surface area contributed by atoms with E-state index in [1.807, 2.05) is 42.4 Å². The van der Waals surface area contributed by atoms with Crippen LogP contribution in [0.2, 0.25) is 0 Å². The molecular formula is C23H24FN3O. The fourth-order valence-electron chi connectivity index (χ4n) is 3.52. The van der Waals surface area contributed by atoms with Gasteiger partial charge in [-0.25, -0.2) is 4.39 Å². The van der Waals surface area contributed by atoms with Gasteiger partial charge >= 0.3 is 0 Å². The van der Waals surface area contributed by atoms with E-state index in [-0.39, 0.29) is 5.82 Å². The molecule has 0 aliphatic carbocycles. The summed E-state index contributed by atoms with van der Waals surface area (Å²) in [6.45, 7) is 3.30. The molecule has 5 heteroatoms. The second-order valence-corrected chi connectivity index (χ2v) is 7.17. The van der Waals surface area contributed by atoms with Gasteiger partial charge in [-0.15, -0.1) is 0 Å². The van der Waals surface area contributed by atoms with Crippen LogP contribution >= 0.6 is 0 Å². The lowest BCUT2D eigenvalue weighted by Crippen LogP contribution is -2.21. The molecule has 2 aromatic carbocycles. The highest BCUT2D eigenvalue weighted by atomic mass is 19.1. The van der Waals surface area contributed by atoms with E-state index in [1.54, 1.807) is 25.3 Å². The number of rotatable bonds is 5. The predicted molar refractivity (Wildman–Crippen MR) is 111 cm³/mol. The minimum atomic E-state index is -0.194. The molecule has 1 atom stereocenters. The van der Waals surface area contributed by atoms with Crippen LogP contribution in [0.25, 0.3) is 0 Å². The number of hydrogen-bond donors (Lipinski definition) is 1. The van der Waals surface area contributed by atoms with Gasteiger partial charge in [0.15, 0.2) is 0 Å². The number of benzene rings is 2. The molecule has 144 valence electrons.